The van der Waals surface area contributed by atoms with E-state index in [1.165, 1.54) is 5.39 Å². The van der Waals surface area contributed by atoms with Crippen LogP contribution < -0.4 is 0 Å². The number of fused-ring (bicyclic) bond motifs is 2. The van der Waals surface area contributed by atoms with Crippen molar-refractivity contribution in [2.45, 2.75) is 0 Å². The second-order valence-electron chi connectivity index (χ2n) is 3.82. The van der Waals surface area contributed by atoms with Gasteiger partial charge in [-0.25, -0.2) is 0 Å². The van der Waals surface area contributed by atoms with Gasteiger partial charge in [0.25, 0.3) is 0 Å². The molecule has 0 fully saturated rings. The lowest BCUT2D eigenvalue weighted by molar-refractivity contribution is 0.476. The van der Waals surface area contributed by atoms with E-state index < -0.39 is 0 Å². The molecule has 78 valence electrons. The first-order chi connectivity index (χ1) is 7.75. The van der Waals surface area contributed by atoms with Crippen molar-refractivity contribution >= 4 is 33.1 Å². The van der Waals surface area contributed by atoms with E-state index in [1.54, 1.807) is 6.07 Å². The van der Waals surface area contributed by atoms with Gasteiger partial charge in [-0.05, 0) is 34.4 Å². The first kappa shape index (κ1) is 9.49. The second kappa shape index (κ2) is 3.39. The first-order valence-corrected chi connectivity index (χ1v) is 5.43. The number of rotatable bonds is 0. The van der Waals surface area contributed by atoms with Crippen LogP contribution in [0.4, 0.5) is 0 Å². The molecule has 0 aliphatic heterocycles. The summed E-state index contributed by atoms with van der Waals surface area (Å²) < 4.78 is 0. The third-order valence-corrected chi connectivity index (χ3v) is 3.20. The third kappa shape index (κ3) is 1.33. The van der Waals surface area contributed by atoms with Crippen molar-refractivity contribution in [1.82, 2.24) is 0 Å². The van der Waals surface area contributed by atoms with E-state index in [-0.39, 0.29) is 5.75 Å². The fourth-order valence-corrected chi connectivity index (χ4v) is 2.19. The summed E-state index contributed by atoms with van der Waals surface area (Å²) in [5.74, 6) is 0.129. The Bertz CT molecular complexity index is 689. The Balaban J connectivity index is 2.51. The fraction of sp³-hybridized carbons (Fsp3) is 0. The quantitative estimate of drug-likeness (QED) is 0.567. The molecular formula is C14H9ClO. The summed E-state index contributed by atoms with van der Waals surface area (Å²) in [4.78, 5) is 0. The van der Waals surface area contributed by atoms with Crippen LogP contribution in [0, 0.1) is 0 Å². The number of benzene rings is 3. The Hall–Kier alpha value is -1.73. The highest BCUT2D eigenvalue weighted by Gasteiger charge is 2.05. The van der Waals surface area contributed by atoms with Crippen LogP contribution in [0.25, 0.3) is 21.5 Å². The Kier molecular flexibility index (Phi) is 2.01. The normalized spacial score (nSPS) is 11.1. The van der Waals surface area contributed by atoms with Gasteiger partial charge in [0.2, 0.25) is 0 Å². The molecule has 16 heavy (non-hydrogen) atoms. The van der Waals surface area contributed by atoms with E-state index in [2.05, 4.69) is 12.1 Å². The smallest absolute Gasteiger partial charge is 0.134 e. The molecule has 0 amide bonds. The highest BCUT2D eigenvalue weighted by Crippen LogP contribution is 2.34. The molecule has 0 atom stereocenters. The molecular weight excluding hydrogens is 220 g/mol. The maximum absolute atomic E-state index is 9.56. The van der Waals surface area contributed by atoms with Gasteiger partial charge in [0, 0.05) is 5.39 Å². The minimum atomic E-state index is 0.129. The SMILES string of the molecule is Oc1ccc2cc3ccccc3cc2c1Cl. The molecule has 3 rings (SSSR count). The Morgan fingerprint density at radius 1 is 0.812 bits per heavy atom. The Morgan fingerprint density at radius 3 is 2.25 bits per heavy atom. The van der Waals surface area contributed by atoms with Crippen LogP contribution in [0.2, 0.25) is 5.02 Å². The zero-order valence-corrected chi connectivity index (χ0v) is 9.20. The molecule has 0 aliphatic carbocycles. The van der Waals surface area contributed by atoms with Gasteiger partial charge in [-0.1, -0.05) is 41.9 Å². The van der Waals surface area contributed by atoms with E-state index in [4.69, 9.17) is 11.6 Å². The highest BCUT2D eigenvalue weighted by molar-refractivity contribution is 6.37. The van der Waals surface area contributed by atoms with Crippen LogP contribution in [0.5, 0.6) is 5.75 Å². The van der Waals surface area contributed by atoms with Crippen LogP contribution in [0.15, 0.2) is 48.5 Å². The number of hydrogen-bond acceptors (Lipinski definition) is 1. The summed E-state index contributed by atoms with van der Waals surface area (Å²) in [6.07, 6.45) is 0. The molecule has 2 heteroatoms. The van der Waals surface area contributed by atoms with Gasteiger partial charge >= 0.3 is 0 Å². The summed E-state index contributed by atoms with van der Waals surface area (Å²) in [6.45, 7) is 0. The molecule has 0 bridgehead atoms. The zero-order valence-electron chi connectivity index (χ0n) is 8.44. The summed E-state index contributed by atoms with van der Waals surface area (Å²) in [5.41, 5.74) is 0. The molecule has 1 N–H and O–H groups in total. The van der Waals surface area contributed by atoms with E-state index in [1.807, 2.05) is 30.3 Å². The second-order valence-corrected chi connectivity index (χ2v) is 4.20. The minimum Gasteiger partial charge on any atom is -0.506 e. The highest BCUT2D eigenvalue weighted by atomic mass is 35.5. The summed E-state index contributed by atoms with van der Waals surface area (Å²) in [7, 11) is 0. The van der Waals surface area contributed by atoms with Gasteiger partial charge in [0.1, 0.15) is 5.75 Å². The fourth-order valence-electron chi connectivity index (χ4n) is 1.97. The standard InChI is InChI=1S/C14H9ClO/c15-14-12-8-10-4-2-1-3-9(10)7-11(12)5-6-13(14)16/h1-8,16H. The number of phenolic OH excluding ortho intramolecular Hbond substituents is 1. The minimum absolute atomic E-state index is 0.129. The molecule has 0 unspecified atom stereocenters. The monoisotopic (exact) mass is 228 g/mol. The molecule has 0 heterocycles. The van der Waals surface area contributed by atoms with Gasteiger partial charge in [-0.3, -0.25) is 0 Å². The van der Waals surface area contributed by atoms with Crippen LogP contribution in [-0.4, -0.2) is 5.11 Å². The molecule has 0 radical (unpaired) electrons. The maximum Gasteiger partial charge on any atom is 0.134 e. The summed E-state index contributed by atoms with van der Waals surface area (Å²) in [6, 6.07) is 15.7. The number of aromatic hydroxyl groups is 1. The molecule has 0 saturated heterocycles. The zero-order chi connectivity index (χ0) is 11.1. The lowest BCUT2D eigenvalue weighted by atomic mass is 10.0. The van der Waals surface area contributed by atoms with Crippen LogP contribution in [-0.2, 0) is 0 Å². The van der Waals surface area contributed by atoms with Crippen molar-refractivity contribution < 1.29 is 5.11 Å². The van der Waals surface area contributed by atoms with Gasteiger partial charge in [-0.15, -0.1) is 0 Å². The van der Waals surface area contributed by atoms with Crippen LogP contribution >= 0.6 is 11.6 Å². The van der Waals surface area contributed by atoms with E-state index in [0.29, 0.717) is 5.02 Å². The summed E-state index contributed by atoms with van der Waals surface area (Å²) in [5, 5.41) is 14.2. The van der Waals surface area contributed by atoms with Crippen molar-refractivity contribution in [1.29, 1.82) is 0 Å². The molecule has 1 nitrogen and oxygen atoms in total. The number of phenols is 1. The largest absolute Gasteiger partial charge is 0.506 e. The number of halogens is 1. The average molecular weight is 229 g/mol. The predicted molar refractivity (Wildman–Crippen MR) is 68.1 cm³/mol. The molecule has 0 spiro atoms. The van der Waals surface area contributed by atoms with Crippen molar-refractivity contribution in [3.05, 3.63) is 53.6 Å². The number of hydrogen-bond donors (Lipinski definition) is 1. The van der Waals surface area contributed by atoms with Crippen LogP contribution in [0.3, 0.4) is 0 Å². The van der Waals surface area contributed by atoms with Gasteiger partial charge in [0.15, 0.2) is 0 Å². The molecule has 0 saturated carbocycles. The average Bonchev–Trinajstić information content (AvgIpc) is 2.32. The maximum atomic E-state index is 9.56. The van der Waals surface area contributed by atoms with Gasteiger partial charge in [0.05, 0.1) is 5.02 Å². The lowest BCUT2D eigenvalue weighted by Crippen LogP contribution is -1.78. The Labute approximate surface area is 97.9 Å². The molecule has 0 aromatic heterocycles. The van der Waals surface area contributed by atoms with E-state index >= 15 is 0 Å². The van der Waals surface area contributed by atoms with Crippen molar-refractivity contribution in [3.63, 3.8) is 0 Å². The summed E-state index contributed by atoms with van der Waals surface area (Å²) >= 11 is 6.08. The first-order valence-electron chi connectivity index (χ1n) is 5.06. The molecule has 3 aromatic carbocycles. The molecule has 0 aliphatic rings. The van der Waals surface area contributed by atoms with Gasteiger partial charge < -0.3 is 5.11 Å². The van der Waals surface area contributed by atoms with Crippen molar-refractivity contribution in [2.24, 2.45) is 0 Å². The van der Waals surface area contributed by atoms with Crippen molar-refractivity contribution in [3.8, 4) is 5.75 Å². The molecule has 3 aromatic rings. The lowest BCUT2D eigenvalue weighted by Gasteiger charge is -2.05. The van der Waals surface area contributed by atoms with E-state index in [0.717, 1.165) is 16.2 Å². The Morgan fingerprint density at radius 2 is 1.50 bits per heavy atom. The topological polar surface area (TPSA) is 20.2 Å². The van der Waals surface area contributed by atoms with Gasteiger partial charge in [-0.2, -0.15) is 0 Å². The van der Waals surface area contributed by atoms with Crippen molar-refractivity contribution in [2.75, 3.05) is 0 Å². The van der Waals surface area contributed by atoms with Crippen LogP contribution in [0.1, 0.15) is 0 Å². The predicted octanol–water partition coefficient (Wildman–Crippen LogP) is 4.35. The third-order valence-electron chi connectivity index (χ3n) is 2.80. The van der Waals surface area contributed by atoms with E-state index in [9.17, 15) is 5.11 Å².